The van der Waals surface area contributed by atoms with Gasteiger partial charge in [0.2, 0.25) is 0 Å². The predicted molar refractivity (Wildman–Crippen MR) is 26.7 cm³/mol. The second kappa shape index (κ2) is 19.3. The topological polar surface area (TPSA) is 0 Å². The van der Waals surface area contributed by atoms with Crippen molar-refractivity contribution in [2.75, 3.05) is 0 Å². The van der Waals surface area contributed by atoms with Gasteiger partial charge in [-0.15, -0.1) is 29.4 Å². The van der Waals surface area contributed by atoms with Crippen molar-refractivity contribution in [1.29, 1.82) is 0 Å². The van der Waals surface area contributed by atoms with E-state index in [1.807, 2.05) is 0 Å². The zero-order valence-corrected chi connectivity index (χ0v) is 6.47. The Morgan fingerprint density at radius 3 is 1.25 bits per heavy atom. The van der Waals surface area contributed by atoms with E-state index in [1.54, 1.807) is 0 Å². The Balaban J connectivity index is 0. The molecule has 0 heterocycles. The molecule has 0 rings (SSSR count). The van der Waals surface area contributed by atoms with Gasteiger partial charge in [0.15, 0.2) is 0 Å². The molecule has 0 aromatic carbocycles. The van der Waals surface area contributed by atoms with Gasteiger partial charge in [-0.2, -0.15) is 0 Å². The average molecular weight is 152 g/mol. The van der Waals surface area contributed by atoms with E-state index in [4.69, 9.17) is 0 Å². The first-order valence-corrected chi connectivity index (χ1v) is 0. The van der Waals surface area contributed by atoms with E-state index in [0.717, 1.165) is 0 Å². The van der Waals surface area contributed by atoms with Crippen molar-refractivity contribution < 1.29 is 23.1 Å². The SMILES string of the molecule is Br.Cl.[H-].[H-].[H-].[Li+].[Mg+2]. The molecule has 0 saturated carbocycles. The molecule has 0 aliphatic heterocycles. The van der Waals surface area contributed by atoms with Crippen LogP contribution in [0.4, 0.5) is 0 Å². The minimum Gasteiger partial charge on any atom is -1.00 e. The van der Waals surface area contributed by atoms with Gasteiger partial charge < -0.3 is 4.28 Å². The van der Waals surface area contributed by atoms with Gasteiger partial charge in [0.05, 0.1) is 0 Å². The molecule has 4 heteroatoms. The Kier molecular flexibility index (Phi) is 171. The molecule has 22 valence electrons. The van der Waals surface area contributed by atoms with E-state index < -0.39 is 0 Å². The van der Waals surface area contributed by atoms with Crippen molar-refractivity contribution in [3.63, 3.8) is 0 Å². The van der Waals surface area contributed by atoms with E-state index in [2.05, 4.69) is 0 Å². The summed E-state index contributed by atoms with van der Waals surface area (Å²) in [6.45, 7) is 0. The predicted octanol–water partition coefficient (Wildman–Crippen LogP) is -2.04. The standard InChI is InChI=1S/BrH.ClH.Li.Mg.3H/h2*1H;;;;;/q;;+1;+2;3*-1. The summed E-state index contributed by atoms with van der Waals surface area (Å²) in [5.41, 5.74) is 0. The molecule has 0 bridgehead atoms. The smallest absolute Gasteiger partial charge is 1.00 e. The van der Waals surface area contributed by atoms with Crippen molar-refractivity contribution >= 4 is 52.4 Å². The Bertz CT molecular complexity index is 14.9. The second-order valence-electron chi connectivity index (χ2n) is 0. The van der Waals surface area contributed by atoms with E-state index in [0.29, 0.717) is 0 Å². The van der Waals surface area contributed by atoms with Crippen LogP contribution < -0.4 is 18.9 Å². The fraction of sp³-hybridized carbons (Fsp3) is 0. The van der Waals surface area contributed by atoms with Gasteiger partial charge in [-0.1, -0.05) is 0 Å². The van der Waals surface area contributed by atoms with Crippen LogP contribution in [0.25, 0.3) is 0 Å². The Morgan fingerprint density at radius 2 is 1.25 bits per heavy atom. The van der Waals surface area contributed by atoms with Gasteiger partial charge in [-0.25, -0.2) is 0 Å². The fourth-order valence-electron chi connectivity index (χ4n) is 0. The summed E-state index contributed by atoms with van der Waals surface area (Å²) in [5, 5.41) is 0. The van der Waals surface area contributed by atoms with Crippen LogP contribution in [-0.4, -0.2) is 23.1 Å². The molecule has 0 atom stereocenters. The maximum absolute atomic E-state index is 0. The van der Waals surface area contributed by atoms with Crippen molar-refractivity contribution in [2.45, 2.75) is 0 Å². The maximum Gasteiger partial charge on any atom is 2.00 e. The molecule has 0 nitrogen and oxygen atoms in total. The summed E-state index contributed by atoms with van der Waals surface area (Å²) in [6.07, 6.45) is 0. The normalized spacial score (nSPS) is 0. The first-order chi connectivity index (χ1) is 0. The quantitative estimate of drug-likeness (QED) is 0.350. The first-order valence-electron chi connectivity index (χ1n) is 0. The van der Waals surface area contributed by atoms with Crippen LogP contribution in [0.1, 0.15) is 4.28 Å². The van der Waals surface area contributed by atoms with Crippen LogP contribution >= 0.6 is 29.4 Å². The molecule has 0 fully saturated rings. The minimum atomic E-state index is 0. The van der Waals surface area contributed by atoms with Crippen LogP contribution in [0, 0.1) is 0 Å². The number of hydrogen-bond acceptors (Lipinski definition) is 0. The van der Waals surface area contributed by atoms with Crippen molar-refractivity contribution in [2.24, 2.45) is 0 Å². The van der Waals surface area contributed by atoms with Crippen molar-refractivity contribution in [3.8, 4) is 0 Å². The van der Waals surface area contributed by atoms with Crippen LogP contribution in [0.15, 0.2) is 0 Å². The molecule has 0 saturated heterocycles. The van der Waals surface area contributed by atoms with E-state index in [9.17, 15) is 0 Å². The summed E-state index contributed by atoms with van der Waals surface area (Å²) in [4.78, 5) is 0. The van der Waals surface area contributed by atoms with E-state index in [1.165, 1.54) is 0 Å². The molecule has 0 aliphatic rings. The van der Waals surface area contributed by atoms with Gasteiger partial charge >= 0.3 is 41.9 Å². The van der Waals surface area contributed by atoms with Gasteiger partial charge in [0, 0.05) is 0 Å². The maximum atomic E-state index is 0. The zero-order chi connectivity index (χ0) is 0. The summed E-state index contributed by atoms with van der Waals surface area (Å²) in [5.74, 6) is 0. The number of rotatable bonds is 0. The molecule has 0 unspecified atom stereocenters. The molecular formula is H5BrClLiMg. The Morgan fingerprint density at radius 1 is 1.25 bits per heavy atom. The number of halogens is 2. The Labute approximate surface area is 75.1 Å². The molecule has 0 aromatic rings. The monoisotopic (exact) mass is 150 g/mol. The third-order valence-electron chi connectivity index (χ3n) is 0. The van der Waals surface area contributed by atoms with E-state index >= 15 is 0 Å². The molecule has 0 spiro atoms. The average Bonchev–Trinajstić information content (AvgIpc) is 0. The molecule has 4 heavy (non-hydrogen) atoms. The zero-order valence-electron chi connectivity index (χ0n) is 5.52. The molecule has 0 radical (unpaired) electrons. The summed E-state index contributed by atoms with van der Waals surface area (Å²) >= 11 is 0. The van der Waals surface area contributed by atoms with Gasteiger partial charge in [0.25, 0.3) is 0 Å². The van der Waals surface area contributed by atoms with Gasteiger partial charge in [0.1, 0.15) is 0 Å². The van der Waals surface area contributed by atoms with Gasteiger partial charge in [-0.05, 0) is 0 Å². The third-order valence-corrected chi connectivity index (χ3v) is 0. The summed E-state index contributed by atoms with van der Waals surface area (Å²) in [7, 11) is 0. The van der Waals surface area contributed by atoms with Crippen LogP contribution in [-0.2, 0) is 0 Å². The summed E-state index contributed by atoms with van der Waals surface area (Å²) in [6, 6.07) is 0. The van der Waals surface area contributed by atoms with Crippen LogP contribution in [0.5, 0.6) is 0 Å². The third kappa shape index (κ3) is 8.92. The van der Waals surface area contributed by atoms with Crippen LogP contribution in [0.2, 0.25) is 0 Å². The van der Waals surface area contributed by atoms with Crippen molar-refractivity contribution in [1.82, 2.24) is 0 Å². The minimum absolute atomic E-state index is 0. The molecule has 0 N–H and O–H groups in total. The molecule has 0 aromatic heterocycles. The Hall–Kier alpha value is 2.13. The summed E-state index contributed by atoms with van der Waals surface area (Å²) < 4.78 is 0. The van der Waals surface area contributed by atoms with Crippen molar-refractivity contribution in [3.05, 3.63) is 0 Å². The van der Waals surface area contributed by atoms with E-state index in [-0.39, 0.29) is 75.6 Å². The second-order valence-corrected chi connectivity index (χ2v) is 0. The van der Waals surface area contributed by atoms with Crippen LogP contribution in [0.3, 0.4) is 0 Å². The van der Waals surface area contributed by atoms with Gasteiger partial charge in [-0.3, -0.25) is 0 Å². The first kappa shape index (κ1) is 35.5. The molecule has 0 aliphatic carbocycles. The fourth-order valence-corrected chi connectivity index (χ4v) is 0. The largest absolute Gasteiger partial charge is 2.00 e. The molecular weight excluding hydrogens is 147 g/mol. The number of hydrogen-bond donors (Lipinski definition) is 0. The molecule has 0 amide bonds.